The minimum Gasteiger partial charge on any atom is -0.507 e. The van der Waals surface area contributed by atoms with E-state index in [1.165, 1.54) is 4.90 Å². The van der Waals surface area contributed by atoms with Crippen LogP contribution in [-0.2, 0) is 27.2 Å². The number of likely N-dealkylation sites (N-methyl/N-ethyl adjacent to an activating group) is 1. The Balaban J connectivity index is 0.000000304. The van der Waals surface area contributed by atoms with Crippen LogP contribution in [0.1, 0.15) is 72.9 Å². The molecule has 0 saturated carbocycles. The van der Waals surface area contributed by atoms with E-state index in [0.717, 1.165) is 35.1 Å². The lowest BCUT2D eigenvalue weighted by Crippen LogP contribution is -2.32. The number of carbonyl (C=O) groups excluding carboxylic acids is 3. The third-order valence-electron chi connectivity index (χ3n) is 6.24. The fourth-order valence-corrected chi connectivity index (χ4v) is 4.44. The summed E-state index contributed by atoms with van der Waals surface area (Å²) >= 11 is 0. The van der Waals surface area contributed by atoms with E-state index in [4.69, 9.17) is 4.42 Å². The van der Waals surface area contributed by atoms with Gasteiger partial charge < -0.3 is 14.4 Å². The van der Waals surface area contributed by atoms with E-state index in [2.05, 4.69) is 0 Å². The van der Waals surface area contributed by atoms with E-state index in [1.807, 2.05) is 102 Å². The number of benzene rings is 3. The molecule has 6 rings (SSSR count). The van der Waals surface area contributed by atoms with Crippen LogP contribution in [-0.4, -0.2) is 29.4 Å². The molecule has 44 heavy (non-hydrogen) atoms. The number of amides is 3. The number of hydrogen-bond acceptors (Lipinski definition) is 6. The summed E-state index contributed by atoms with van der Waals surface area (Å²) in [6.45, 7) is 16.5. The van der Waals surface area contributed by atoms with Crippen LogP contribution >= 0.6 is 0 Å². The molecule has 2 aliphatic rings. The lowest BCUT2D eigenvalue weighted by atomic mass is 10.2. The number of fused-ring (bicyclic) bond motifs is 3. The Bertz CT molecular complexity index is 1550. The van der Waals surface area contributed by atoms with Crippen molar-refractivity contribution in [2.45, 2.75) is 74.7 Å². The zero-order valence-electron chi connectivity index (χ0n) is 27.2. The van der Waals surface area contributed by atoms with Crippen molar-refractivity contribution in [2.75, 3.05) is 16.3 Å². The Hall–Kier alpha value is -4.72. The van der Waals surface area contributed by atoms with Crippen molar-refractivity contribution in [2.24, 2.45) is 0 Å². The molecule has 0 atom stereocenters. The number of nitrogens with zero attached hydrogens (tertiary/aromatic N) is 2. The Morgan fingerprint density at radius 1 is 0.727 bits per heavy atom. The molecular weight excluding hydrogens is 556 g/mol. The Labute approximate surface area is 260 Å². The molecule has 3 aromatic carbocycles. The number of imide groups is 1. The summed E-state index contributed by atoms with van der Waals surface area (Å²) in [4.78, 5) is 48.3. The molecule has 0 fully saturated rings. The highest BCUT2D eigenvalue weighted by molar-refractivity contribution is 6.19. The molecule has 0 radical (unpaired) electrons. The predicted octanol–water partition coefficient (Wildman–Crippen LogP) is 7.69. The Morgan fingerprint density at radius 3 is 1.82 bits per heavy atom. The highest BCUT2D eigenvalue weighted by Crippen LogP contribution is 2.29. The van der Waals surface area contributed by atoms with Crippen LogP contribution in [0.5, 0.6) is 5.75 Å². The molecule has 0 unspecified atom stereocenters. The first-order chi connectivity index (χ1) is 21.3. The number of para-hydroxylation sites is 3. The van der Waals surface area contributed by atoms with Crippen molar-refractivity contribution < 1.29 is 23.9 Å². The normalized spacial score (nSPS) is 11.9. The molecule has 1 aromatic heterocycles. The molecule has 3 heterocycles. The van der Waals surface area contributed by atoms with Crippen LogP contribution in [0.4, 0.5) is 11.4 Å². The van der Waals surface area contributed by atoms with E-state index in [9.17, 15) is 24.3 Å². The molecule has 0 bridgehead atoms. The van der Waals surface area contributed by atoms with Crippen LogP contribution in [0.2, 0.25) is 0 Å². The minimum absolute atomic E-state index is 0.0400. The average molecular weight is 603 g/mol. The van der Waals surface area contributed by atoms with Crippen LogP contribution in [0, 0.1) is 0 Å². The maximum absolute atomic E-state index is 11.5. The zero-order chi connectivity index (χ0) is 33.2. The molecule has 2 aliphatic heterocycles. The summed E-state index contributed by atoms with van der Waals surface area (Å²) in [6, 6.07) is 23.3. The van der Waals surface area contributed by atoms with Crippen molar-refractivity contribution >= 4 is 40.1 Å². The number of carbonyl (C=O) groups is 3. The molecular formula is C36H46N2O6. The second-order valence-electron chi connectivity index (χ2n) is 8.67. The largest absolute Gasteiger partial charge is 0.507 e. The maximum atomic E-state index is 11.5. The van der Waals surface area contributed by atoms with Gasteiger partial charge in [0.05, 0.1) is 30.0 Å². The smallest absolute Gasteiger partial charge is 0.339 e. The van der Waals surface area contributed by atoms with Gasteiger partial charge in [-0.1, -0.05) is 97.0 Å². The first-order valence-electron chi connectivity index (χ1n) is 15.4. The number of rotatable bonds is 2. The van der Waals surface area contributed by atoms with Gasteiger partial charge in [-0.2, -0.15) is 0 Å². The monoisotopic (exact) mass is 602 g/mol. The van der Waals surface area contributed by atoms with Crippen molar-refractivity contribution in [3.63, 3.8) is 0 Å². The topological polar surface area (TPSA) is 108 Å². The molecule has 0 spiro atoms. The van der Waals surface area contributed by atoms with E-state index in [-0.39, 0.29) is 23.5 Å². The standard InChI is InChI=1S/C11H11NO2.C10H11NO.C9H6O3.3C2H6/c1-2-10(13)12-9-6-4-3-5-8(9)7-11(12)14;1-2-11-9-6-4-3-5-8(9)7-10(11)12;10-7-5-9(11)12-8-4-2-1-3-6(7)8;3*1-2/h3-6H,2,7H2,1H3;3-6H,2,7H2,1H3;1-5,10H;3*1-2H3. The van der Waals surface area contributed by atoms with Crippen LogP contribution in [0.3, 0.4) is 0 Å². The number of hydrogen-bond donors (Lipinski definition) is 1. The first-order valence-corrected chi connectivity index (χ1v) is 15.4. The van der Waals surface area contributed by atoms with Crippen LogP contribution in [0.15, 0.2) is 88.1 Å². The molecule has 236 valence electrons. The molecule has 8 heteroatoms. The summed E-state index contributed by atoms with van der Waals surface area (Å²) in [5, 5.41) is 9.84. The molecule has 0 saturated heterocycles. The fourth-order valence-electron chi connectivity index (χ4n) is 4.44. The van der Waals surface area contributed by atoms with Gasteiger partial charge >= 0.3 is 5.63 Å². The van der Waals surface area contributed by atoms with Gasteiger partial charge in [0, 0.05) is 18.7 Å². The van der Waals surface area contributed by atoms with Crippen molar-refractivity contribution in [1.82, 2.24) is 0 Å². The second kappa shape index (κ2) is 19.5. The summed E-state index contributed by atoms with van der Waals surface area (Å²) in [5.74, 6) is -0.0569. The van der Waals surface area contributed by atoms with Crippen molar-refractivity contribution in [3.8, 4) is 5.75 Å². The van der Waals surface area contributed by atoms with E-state index in [1.54, 1.807) is 31.2 Å². The summed E-state index contributed by atoms with van der Waals surface area (Å²) in [7, 11) is 0. The van der Waals surface area contributed by atoms with E-state index < -0.39 is 5.63 Å². The van der Waals surface area contributed by atoms with Gasteiger partial charge in [0.2, 0.25) is 17.7 Å². The maximum Gasteiger partial charge on any atom is 0.339 e. The minimum atomic E-state index is -0.536. The summed E-state index contributed by atoms with van der Waals surface area (Å²) in [5.41, 5.74) is 3.81. The summed E-state index contributed by atoms with van der Waals surface area (Å²) in [6.07, 6.45) is 1.28. The van der Waals surface area contributed by atoms with Gasteiger partial charge in [-0.3, -0.25) is 19.3 Å². The van der Waals surface area contributed by atoms with Crippen LogP contribution < -0.4 is 15.4 Å². The van der Waals surface area contributed by atoms with Gasteiger partial charge in [-0.05, 0) is 42.3 Å². The summed E-state index contributed by atoms with van der Waals surface area (Å²) < 4.78 is 4.83. The fraction of sp³-hybridized carbons (Fsp3) is 0.333. The van der Waals surface area contributed by atoms with E-state index in [0.29, 0.717) is 30.2 Å². The second-order valence-corrected chi connectivity index (χ2v) is 8.67. The van der Waals surface area contributed by atoms with Crippen LogP contribution in [0.25, 0.3) is 11.0 Å². The van der Waals surface area contributed by atoms with Crippen molar-refractivity contribution in [1.29, 1.82) is 0 Å². The van der Waals surface area contributed by atoms with Crippen molar-refractivity contribution in [3.05, 3.63) is 100 Å². The predicted molar refractivity (Wildman–Crippen MR) is 179 cm³/mol. The SMILES string of the molecule is CC.CC.CC.CCC(=O)N1C(=O)Cc2ccccc21.CCN1C(=O)Cc2ccccc21.O=c1cc(O)c2ccccc2o1. The van der Waals surface area contributed by atoms with Gasteiger partial charge in [0.15, 0.2) is 0 Å². The molecule has 1 N–H and O–H groups in total. The molecule has 4 aromatic rings. The highest BCUT2D eigenvalue weighted by atomic mass is 16.4. The lowest BCUT2D eigenvalue weighted by Gasteiger charge is -2.13. The highest BCUT2D eigenvalue weighted by Gasteiger charge is 2.30. The van der Waals surface area contributed by atoms with E-state index >= 15 is 0 Å². The number of aromatic hydroxyl groups is 1. The molecule has 0 aliphatic carbocycles. The van der Waals surface area contributed by atoms with Gasteiger partial charge in [-0.25, -0.2) is 4.79 Å². The van der Waals surface area contributed by atoms with Gasteiger partial charge in [0.25, 0.3) is 0 Å². The van der Waals surface area contributed by atoms with Gasteiger partial charge in [0.1, 0.15) is 11.3 Å². The first kappa shape index (κ1) is 37.3. The number of anilines is 2. The Kier molecular flexibility index (Phi) is 16.5. The third kappa shape index (κ3) is 9.39. The quantitative estimate of drug-likeness (QED) is 0.236. The molecule has 3 amide bonds. The average Bonchev–Trinajstić information content (AvgIpc) is 3.58. The third-order valence-corrected chi connectivity index (χ3v) is 6.24. The molecule has 8 nitrogen and oxygen atoms in total. The Morgan fingerprint density at radius 2 is 1.23 bits per heavy atom. The lowest BCUT2D eigenvalue weighted by molar-refractivity contribution is -0.125. The van der Waals surface area contributed by atoms with Gasteiger partial charge in [-0.15, -0.1) is 0 Å². The zero-order valence-corrected chi connectivity index (χ0v) is 27.2.